The Morgan fingerprint density at radius 2 is 1.95 bits per heavy atom. The number of hydrogen-bond acceptors (Lipinski definition) is 3. The van der Waals surface area contributed by atoms with Gasteiger partial charge in [0.25, 0.3) is 5.91 Å². The zero-order valence-electron chi connectivity index (χ0n) is 10.3. The number of rotatable bonds is 4. The molecule has 0 aliphatic carbocycles. The Labute approximate surface area is 120 Å². The number of thiophene rings is 1. The van der Waals surface area contributed by atoms with Crippen molar-refractivity contribution in [2.45, 2.75) is 6.92 Å². The van der Waals surface area contributed by atoms with Crippen LogP contribution in [0.2, 0.25) is 5.02 Å². The van der Waals surface area contributed by atoms with Crippen LogP contribution in [0.4, 0.5) is 0 Å². The van der Waals surface area contributed by atoms with E-state index < -0.39 is 0 Å². The van der Waals surface area contributed by atoms with E-state index in [1.165, 1.54) is 11.3 Å². The molecule has 1 heterocycles. The SMILES string of the molecule is Cc1csc(C(=O)NCC(=O)c2ccccc2)c1Cl. The van der Waals surface area contributed by atoms with Crippen LogP contribution in [-0.2, 0) is 0 Å². The van der Waals surface area contributed by atoms with Crippen molar-refractivity contribution in [1.29, 1.82) is 0 Å². The lowest BCUT2D eigenvalue weighted by molar-refractivity contribution is 0.0906. The van der Waals surface area contributed by atoms with Gasteiger partial charge in [-0.3, -0.25) is 9.59 Å². The van der Waals surface area contributed by atoms with Crippen LogP contribution in [-0.4, -0.2) is 18.2 Å². The first-order valence-electron chi connectivity index (χ1n) is 5.69. The summed E-state index contributed by atoms with van der Waals surface area (Å²) in [6.07, 6.45) is 0. The van der Waals surface area contributed by atoms with Gasteiger partial charge in [-0.15, -0.1) is 11.3 Å². The molecular weight excluding hydrogens is 282 g/mol. The zero-order valence-corrected chi connectivity index (χ0v) is 11.8. The Bertz CT molecular complexity index is 607. The molecule has 0 fully saturated rings. The maximum atomic E-state index is 11.9. The second-order valence-corrected chi connectivity index (χ2v) is 5.29. The van der Waals surface area contributed by atoms with Crippen molar-refractivity contribution in [3.8, 4) is 0 Å². The molecule has 0 bridgehead atoms. The molecule has 0 aliphatic heterocycles. The fraction of sp³-hybridized carbons (Fsp3) is 0.143. The molecule has 0 saturated heterocycles. The summed E-state index contributed by atoms with van der Waals surface area (Å²) in [5, 5.41) is 4.86. The van der Waals surface area contributed by atoms with Crippen LogP contribution in [0.15, 0.2) is 35.7 Å². The van der Waals surface area contributed by atoms with E-state index in [2.05, 4.69) is 5.32 Å². The van der Waals surface area contributed by atoms with Gasteiger partial charge in [0.2, 0.25) is 0 Å². The molecule has 2 rings (SSSR count). The lowest BCUT2D eigenvalue weighted by atomic mass is 10.1. The van der Waals surface area contributed by atoms with Crippen LogP contribution in [0.5, 0.6) is 0 Å². The van der Waals surface area contributed by atoms with Gasteiger partial charge in [0.15, 0.2) is 5.78 Å². The van der Waals surface area contributed by atoms with E-state index >= 15 is 0 Å². The first-order chi connectivity index (χ1) is 9.09. The number of ketones is 1. The number of amides is 1. The number of halogens is 1. The van der Waals surface area contributed by atoms with Gasteiger partial charge in [-0.05, 0) is 17.9 Å². The first-order valence-corrected chi connectivity index (χ1v) is 6.95. The van der Waals surface area contributed by atoms with Gasteiger partial charge < -0.3 is 5.32 Å². The first kappa shape index (κ1) is 13.8. The highest BCUT2D eigenvalue weighted by Crippen LogP contribution is 2.26. The van der Waals surface area contributed by atoms with Crippen LogP contribution < -0.4 is 5.32 Å². The van der Waals surface area contributed by atoms with Gasteiger partial charge in [0.05, 0.1) is 11.6 Å². The molecule has 19 heavy (non-hydrogen) atoms. The second kappa shape index (κ2) is 5.99. The van der Waals surface area contributed by atoms with Crippen molar-refractivity contribution in [1.82, 2.24) is 5.32 Å². The summed E-state index contributed by atoms with van der Waals surface area (Å²) in [5.74, 6) is -0.439. The van der Waals surface area contributed by atoms with Crippen LogP contribution in [0, 0.1) is 6.92 Å². The fourth-order valence-corrected chi connectivity index (χ4v) is 2.74. The Hall–Kier alpha value is -1.65. The Kier molecular flexibility index (Phi) is 4.35. The lowest BCUT2D eigenvalue weighted by Gasteiger charge is -2.03. The average Bonchev–Trinajstić information content (AvgIpc) is 2.77. The molecular formula is C14H12ClNO2S. The summed E-state index contributed by atoms with van der Waals surface area (Å²) in [6.45, 7) is 1.81. The highest BCUT2D eigenvalue weighted by Gasteiger charge is 2.15. The van der Waals surface area contributed by atoms with Crippen LogP contribution in [0.3, 0.4) is 0 Å². The molecule has 2 aromatic rings. The third kappa shape index (κ3) is 3.22. The monoisotopic (exact) mass is 293 g/mol. The minimum atomic E-state index is -0.313. The standard InChI is InChI=1S/C14H12ClNO2S/c1-9-8-19-13(12(9)15)14(18)16-7-11(17)10-5-3-2-4-6-10/h2-6,8H,7H2,1H3,(H,16,18). The number of carbonyl (C=O) groups excluding carboxylic acids is 2. The van der Waals surface area contributed by atoms with Gasteiger partial charge in [0.1, 0.15) is 4.88 Å². The Morgan fingerprint density at radius 3 is 2.53 bits per heavy atom. The van der Waals surface area contributed by atoms with Gasteiger partial charge in [0, 0.05) is 5.56 Å². The Balaban J connectivity index is 1.98. The van der Waals surface area contributed by atoms with Crippen molar-refractivity contribution in [3.63, 3.8) is 0 Å². The van der Waals surface area contributed by atoms with Gasteiger partial charge in [-0.25, -0.2) is 0 Å². The van der Waals surface area contributed by atoms with E-state index in [1.54, 1.807) is 24.3 Å². The van der Waals surface area contributed by atoms with Crippen molar-refractivity contribution >= 4 is 34.6 Å². The lowest BCUT2D eigenvalue weighted by Crippen LogP contribution is -2.29. The Morgan fingerprint density at radius 1 is 1.26 bits per heavy atom. The molecule has 1 aromatic carbocycles. The summed E-state index contributed by atoms with van der Waals surface area (Å²) in [4.78, 5) is 24.1. The predicted octanol–water partition coefficient (Wildman–Crippen LogP) is 3.32. The maximum Gasteiger partial charge on any atom is 0.263 e. The van der Waals surface area contributed by atoms with Crippen LogP contribution in [0.1, 0.15) is 25.6 Å². The van der Waals surface area contributed by atoms with Crippen molar-refractivity contribution in [2.75, 3.05) is 6.54 Å². The molecule has 1 amide bonds. The number of carbonyl (C=O) groups is 2. The second-order valence-electron chi connectivity index (χ2n) is 4.03. The van der Waals surface area contributed by atoms with Gasteiger partial charge >= 0.3 is 0 Å². The number of nitrogens with one attached hydrogen (secondary N) is 1. The maximum absolute atomic E-state index is 11.9. The van der Waals surface area contributed by atoms with E-state index in [0.717, 1.165) is 5.56 Å². The third-order valence-electron chi connectivity index (χ3n) is 2.61. The van der Waals surface area contributed by atoms with E-state index in [4.69, 9.17) is 11.6 Å². The van der Waals surface area contributed by atoms with Gasteiger partial charge in [-0.1, -0.05) is 41.9 Å². The molecule has 1 aromatic heterocycles. The van der Waals surface area contributed by atoms with E-state index in [0.29, 0.717) is 15.5 Å². The van der Waals surface area contributed by atoms with Crippen molar-refractivity contribution in [2.24, 2.45) is 0 Å². The predicted molar refractivity (Wildman–Crippen MR) is 77.2 cm³/mol. The quantitative estimate of drug-likeness (QED) is 0.879. The summed E-state index contributed by atoms with van der Waals surface area (Å²) >= 11 is 7.28. The van der Waals surface area contributed by atoms with Gasteiger partial charge in [-0.2, -0.15) is 0 Å². The molecule has 0 saturated carbocycles. The molecule has 98 valence electrons. The summed E-state index contributed by atoms with van der Waals surface area (Å²) < 4.78 is 0. The number of aryl methyl sites for hydroxylation is 1. The normalized spacial score (nSPS) is 10.2. The summed E-state index contributed by atoms with van der Waals surface area (Å²) in [7, 11) is 0. The zero-order chi connectivity index (χ0) is 13.8. The molecule has 1 N–H and O–H groups in total. The van der Waals surface area contributed by atoms with Crippen LogP contribution >= 0.6 is 22.9 Å². The highest BCUT2D eigenvalue weighted by molar-refractivity contribution is 7.13. The average molecular weight is 294 g/mol. The molecule has 0 atom stereocenters. The highest BCUT2D eigenvalue weighted by atomic mass is 35.5. The largest absolute Gasteiger partial charge is 0.344 e. The molecule has 0 aliphatic rings. The van der Waals surface area contributed by atoms with Crippen LogP contribution in [0.25, 0.3) is 0 Å². The minimum absolute atomic E-state index is 0.0316. The number of benzene rings is 1. The van der Waals surface area contributed by atoms with E-state index in [-0.39, 0.29) is 18.2 Å². The number of hydrogen-bond donors (Lipinski definition) is 1. The minimum Gasteiger partial charge on any atom is -0.344 e. The molecule has 5 heteroatoms. The summed E-state index contributed by atoms with van der Waals surface area (Å²) in [5.41, 5.74) is 1.45. The molecule has 0 radical (unpaired) electrons. The smallest absolute Gasteiger partial charge is 0.263 e. The summed E-state index contributed by atoms with van der Waals surface area (Å²) in [6, 6.07) is 8.85. The molecule has 0 spiro atoms. The third-order valence-corrected chi connectivity index (χ3v) is 4.31. The fourth-order valence-electron chi connectivity index (χ4n) is 1.55. The molecule has 3 nitrogen and oxygen atoms in total. The van der Waals surface area contributed by atoms with E-state index in [9.17, 15) is 9.59 Å². The van der Waals surface area contributed by atoms with Crippen molar-refractivity contribution in [3.05, 3.63) is 56.7 Å². The molecule has 0 unspecified atom stereocenters. The number of Topliss-reactive ketones (excluding diaryl/α,β-unsaturated/α-hetero) is 1. The van der Waals surface area contributed by atoms with E-state index in [1.807, 2.05) is 18.4 Å². The topological polar surface area (TPSA) is 46.2 Å². The van der Waals surface area contributed by atoms with Crippen molar-refractivity contribution < 1.29 is 9.59 Å².